The normalized spacial score (nSPS) is 24.8. The van der Waals surface area contributed by atoms with E-state index < -0.39 is 29.9 Å². The molecule has 5 nitrogen and oxygen atoms in total. The molecule has 98 valence electrons. The first kappa shape index (κ1) is 13.7. The fourth-order valence-corrected chi connectivity index (χ4v) is 1.78. The van der Waals surface area contributed by atoms with E-state index in [-0.39, 0.29) is 19.4 Å². The van der Waals surface area contributed by atoms with Crippen LogP contribution in [-0.2, 0) is 9.53 Å². The fourth-order valence-electron chi connectivity index (χ4n) is 1.78. The Morgan fingerprint density at radius 3 is 2.53 bits per heavy atom. The minimum absolute atomic E-state index is 0.164. The van der Waals surface area contributed by atoms with E-state index in [0.717, 1.165) is 0 Å². The van der Waals surface area contributed by atoms with Crippen molar-refractivity contribution in [3.8, 4) is 0 Å². The SMILES string of the molecule is CC(C)(C)OC(=O)N1CCC(F)C1CC(=O)O. The van der Waals surface area contributed by atoms with E-state index in [1.807, 2.05) is 0 Å². The number of rotatable bonds is 2. The standard InChI is InChI=1S/C11H18FNO4/c1-11(2,3)17-10(16)13-5-4-7(12)8(13)6-9(14)15/h7-8H,4-6H2,1-3H3,(H,14,15). The summed E-state index contributed by atoms with van der Waals surface area (Å²) < 4.78 is 18.6. The average Bonchev–Trinajstić information content (AvgIpc) is 2.44. The van der Waals surface area contributed by atoms with Crippen LogP contribution in [0.4, 0.5) is 9.18 Å². The highest BCUT2D eigenvalue weighted by Crippen LogP contribution is 2.25. The van der Waals surface area contributed by atoms with Crippen molar-refractivity contribution in [2.75, 3.05) is 6.54 Å². The summed E-state index contributed by atoms with van der Waals surface area (Å²) in [5.41, 5.74) is -0.667. The van der Waals surface area contributed by atoms with Crippen LogP contribution in [0.3, 0.4) is 0 Å². The third kappa shape index (κ3) is 3.87. The number of nitrogens with zero attached hydrogens (tertiary/aromatic N) is 1. The largest absolute Gasteiger partial charge is 0.481 e. The number of carbonyl (C=O) groups excluding carboxylic acids is 1. The van der Waals surface area contributed by atoms with Crippen LogP contribution >= 0.6 is 0 Å². The molecule has 0 spiro atoms. The van der Waals surface area contributed by atoms with Gasteiger partial charge in [-0.05, 0) is 27.2 Å². The zero-order chi connectivity index (χ0) is 13.2. The molecule has 0 aromatic carbocycles. The number of aliphatic carboxylic acids is 1. The number of carboxylic acid groups (broad SMARTS) is 1. The maximum Gasteiger partial charge on any atom is 0.410 e. The second-order valence-electron chi connectivity index (χ2n) is 5.14. The molecule has 1 rings (SSSR count). The molecule has 0 bridgehead atoms. The molecule has 1 aliphatic rings. The predicted octanol–water partition coefficient (Wildman–Crippen LogP) is 1.81. The van der Waals surface area contributed by atoms with Gasteiger partial charge in [-0.1, -0.05) is 0 Å². The van der Waals surface area contributed by atoms with Gasteiger partial charge in [-0.3, -0.25) is 4.79 Å². The van der Waals surface area contributed by atoms with Crippen molar-refractivity contribution in [3.63, 3.8) is 0 Å². The van der Waals surface area contributed by atoms with Gasteiger partial charge in [0.2, 0.25) is 0 Å². The first-order valence-electron chi connectivity index (χ1n) is 5.56. The Morgan fingerprint density at radius 1 is 1.47 bits per heavy atom. The first-order valence-corrected chi connectivity index (χ1v) is 5.56. The summed E-state index contributed by atoms with van der Waals surface area (Å²) in [5.74, 6) is -1.12. The van der Waals surface area contributed by atoms with Crippen molar-refractivity contribution in [2.45, 2.75) is 51.4 Å². The summed E-state index contributed by atoms with van der Waals surface area (Å²) in [6, 6.07) is -0.914. The molecule has 2 unspecified atom stereocenters. The molecular formula is C11H18FNO4. The minimum Gasteiger partial charge on any atom is -0.481 e. The highest BCUT2D eigenvalue weighted by atomic mass is 19.1. The lowest BCUT2D eigenvalue weighted by molar-refractivity contribution is -0.138. The van der Waals surface area contributed by atoms with E-state index in [1.165, 1.54) is 4.90 Å². The molecule has 1 N–H and O–H groups in total. The van der Waals surface area contributed by atoms with Crippen LogP contribution in [0.15, 0.2) is 0 Å². The number of ether oxygens (including phenoxy) is 1. The Bertz CT molecular complexity index is 313. The van der Waals surface area contributed by atoms with Crippen molar-refractivity contribution in [2.24, 2.45) is 0 Å². The van der Waals surface area contributed by atoms with E-state index in [0.29, 0.717) is 0 Å². The van der Waals surface area contributed by atoms with E-state index in [1.54, 1.807) is 20.8 Å². The van der Waals surface area contributed by atoms with Crippen LogP contribution < -0.4 is 0 Å². The smallest absolute Gasteiger partial charge is 0.410 e. The monoisotopic (exact) mass is 247 g/mol. The Kier molecular flexibility index (Phi) is 3.95. The Labute approximate surface area is 99.5 Å². The van der Waals surface area contributed by atoms with Gasteiger partial charge in [0.25, 0.3) is 0 Å². The zero-order valence-electron chi connectivity index (χ0n) is 10.3. The number of amides is 1. The maximum atomic E-state index is 13.5. The summed E-state index contributed by atoms with van der Waals surface area (Å²) in [6.45, 7) is 5.33. The molecule has 6 heteroatoms. The van der Waals surface area contributed by atoms with E-state index in [9.17, 15) is 14.0 Å². The van der Waals surface area contributed by atoms with Crippen LogP contribution in [0, 0.1) is 0 Å². The summed E-state index contributed by atoms with van der Waals surface area (Å²) in [4.78, 5) is 23.5. The molecule has 0 aromatic heterocycles. The maximum absolute atomic E-state index is 13.5. The van der Waals surface area contributed by atoms with Gasteiger partial charge in [0, 0.05) is 6.54 Å². The molecule has 1 amide bonds. The van der Waals surface area contributed by atoms with Crippen LogP contribution in [0.2, 0.25) is 0 Å². The van der Waals surface area contributed by atoms with Gasteiger partial charge in [-0.25, -0.2) is 9.18 Å². The molecule has 17 heavy (non-hydrogen) atoms. The molecule has 1 aliphatic heterocycles. The lowest BCUT2D eigenvalue weighted by Crippen LogP contribution is -2.42. The number of halogens is 1. The number of likely N-dealkylation sites (tertiary alicyclic amines) is 1. The van der Waals surface area contributed by atoms with Crippen molar-refractivity contribution in [1.82, 2.24) is 4.90 Å². The van der Waals surface area contributed by atoms with Gasteiger partial charge in [-0.15, -0.1) is 0 Å². The molecule has 0 aliphatic carbocycles. The van der Waals surface area contributed by atoms with Crippen molar-refractivity contribution in [1.29, 1.82) is 0 Å². The first-order chi connectivity index (χ1) is 7.70. The molecule has 1 saturated heterocycles. The van der Waals surface area contributed by atoms with Gasteiger partial charge in [-0.2, -0.15) is 0 Å². The number of carboxylic acids is 1. The zero-order valence-corrected chi connectivity index (χ0v) is 10.3. The lowest BCUT2D eigenvalue weighted by atomic mass is 10.1. The van der Waals surface area contributed by atoms with E-state index in [2.05, 4.69) is 0 Å². The summed E-state index contributed by atoms with van der Waals surface area (Å²) in [6.07, 6.45) is -2.17. The van der Waals surface area contributed by atoms with Gasteiger partial charge < -0.3 is 14.7 Å². The molecule has 0 aromatic rings. The topological polar surface area (TPSA) is 66.8 Å². The minimum atomic E-state index is -1.29. The lowest BCUT2D eigenvalue weighted by Gasteiger charge is -2.28. The summed E-state index contributed by atoms with van der Waals surface area (Å²) in [5, 5.41) is 8.68. The summed E-state index contributed by atoms with van der Waals surface area (Å²) >= 11 is 0. The highest BCUT2D eigenvalue weighted by Gasteiger charge is 2.40. The van der Waals surface area contributed by atoms with Crippen molar-refractivity contribution >= 4 is 12.1 Å². The van der Waals surface area contributed by atoms with Crippen LogP contribution in [0.25, 0.3) is 0 Å². The molecular weight excluding hydrogens is 229 g/mol. The number of hydrogen-bond donors (Lipinski definition) is 1. The third-order valence-corrected chi connectivity index (χ3v) is 2.48. The second-order valence-corrected chi connectivity index (χ2v) is 5.14. The Hall–Kier alpha value is -1.33. The van der Waals surface area contributed by atoms with Crippen molar-refractivity contribution in [3.05, 3.63) is 0 Å². The van der Waals surface area contributed by atoms with E-state index >= 15 is 0 Å². The Morgan fingerprint density at radius 2 is 2.06 bits per heavy atom. The number of carbonyl (C=O) groups is 2. The molecule has 0 saturated carbocycles. The Balaban J connectivity index is 2.68. The van der Waals surface area contributed by atoms with Gasteiger partial charge in [0.05, 0.1) is 12.5 Å². The average molecular weight is 247 g/mol. The summed E-state index contributed by atoms with van der Waals surface area (Å²) in [7, 11) is 0. The van der Waals surface area contributed by atoms with Gasteiger partial charge >= 0.3 is 12.1 Å². The fraction of sp³-hybridized carbons (Fsp3) is 0.818. The van der Waals surface area contributed by atoms with Gasteiger partial charge in [0.15, 0.2) is 0 Å². The van der Waals surface area contributed by atoms with Crippen LogP contribution in [0.5, 0.6) is 0 Å². The van der Waals surface area contributed by atoms with Gasteiger partial charge in [0.1, 0.15) is 11.8 Å². The molecule has 1 fully saturated rings. The molecule has 1 heterocycles. The highest BCUT2D eigenvalue weighted by molar-refractivity contribution is 5.72. The number of alkyl halides is 1. The molecule has 0 radical (unpaired) electrons. The van der Waals surface area contributed by atoms with Crippen molar-refractivity contribution < 1.29 is 23.8 Å². The van der Waals surface area contributed by atoms with E-state index in [4.69, 9.17) is 9.84 Å². The van der Waals surface area contributed by atoms with Crippen LogP contribution in [-0.4, -0.2) is 46.4 Å². The third-order valence-electron chi connectivity index (χ3n) is 2.48. The quantitative estimate of drug-likeness (QED) is 0.808. The molecule has 2 atom stereocenters. The predicted molar refractivity (Wildman–Crippen MR) is 58.5 cm³/mol. The van der Waals surface area contributed by atoms with Crippen LogP contribution in [0.1, 0.15) is 33.6 Å². The number of hydrogen-bond acceptors (Lipinski definition) is 3. The second kappa shape index (κ2) is 4.89.